The molecule has 374 valence electrons. The van der Waals surface area contributed by atoms with E-state index in [0.29, 0.717) is 111 Å². The second-order valence-corrected chi connectivity index (χ2v) is 22.9. The van der Waals surface area contributed by atoms with Crippen LogP contribution in [0.5, 0.6) is 5.75 Å². The predicted molar refractivity (Wildman–Crippen MR) is 276 cm³/mol. The van der Waals surface area contributed by atoms with Crippen molar-refractivity contribution >= 4 is 76.3 Å². The summed E-state index contributed by atoms with van der Waals surface area (Å²) in [6.07, 6.45) is 6.35. The summed E-state index contributed by atoms with van der Waals surface area (Å²) >= 11 is 6.66. The van der Waals surface area contributed by atoms with Crippen molar-refractivity contribution in [2.24, 2.45) is 7.05 Å². The summed E-state index contributed by atoms with van der Waals surface area (Å²) in [7, 11) is 0.532. The van der Waals surface area contributed by atoms with Crippen LogP contribution in [0.1, 0.15) is 41.6 Å². The van der Waals surface area contributed by atoms with Crippen molar-refractivity contribution in [2.75, 3.05) is 86.7 Å². The zero-order valence-electron chi connectivity index (χ0n) is 40.4. The van der Waals surface area contributed by atoms with E-state index in [0.717, 1.165) is 28.1 Å². The molecule has 0 radical (unpaired) electrons. The third kappa shape index (κ3) is 9.99. The van der Waals surface area contributed by atoms with Gasteiger partial charge >= 0.3 is 0 Å². The molecule has 1 unspecified atom stereocenters. The first kappa shape index (κ1) is 48.7. The SMILES string of the molecule is COc1cc(N2CCC(F)(CN3CCN(c4ccc5c(c4)CN(C4CCC(=O)NC4=O)C5=O)CC3)CC2)c(-c2cnn(C)c2)cc1Nc1ncc(Cl)c(Nc2ccc(-c3ccccc3F)cc2P(C)(C)=O)n1. The molecule has 3 saturated heterocycles. The van der Waals surface area contributed by atoms with Crippen LogP contribution in [-0.4, -0.2) is 125 Å². The first-order valence-corrected chi connectivity index (χ1v) is 26.9. The number of anilines is 6. The number of carbonyl (C=O) groups excluding carboxylic acids is 3. The van der Waals surface area contributed by atoms with Crippen LogP contribution in [0.15, 0.2) is 91.4 Å². The molecule has 6 heterocycles. The van der Waals surface area contributed by atoms with Crippen LogP contribution in [0.4, 0.5) is 43.3 Å². The first-order chi connectivity index (χ1) is 34.5. The van der Waals surface area contributed by atoms with E-state index in [9.17, 15) is 23.3 Å². The fraction of sp³-hybridized carbons (Fsp3) is 0.346. The number of ether oxygens (including phenoxy) is 1. The van der Waals surface area contributed by atoms with Crippen molar-refractivity contribution in [3.8, 4) is 28.0 Å². The Morgan fingerprint density at radius 2 is 1.65 bits per heavy atom. The molecule has 4 aliphatic rings. The number of hydrogen-bond donors (Lipinski definition) is 3. The number of aryl methyl sites for hydroxylation is 1. The molecule has 0 saturated carbocycles. The number of rotatable bonds is 13. The van der Waals surface area contributed by atoms with Crippen molar-refractivity contribution in [2.45, 2.75) is 43.9 Å². The van der Waals surface area contributed by atoms with E-state index in [4.69, 9.17) is 21.3 Å². The molecule has 16 nitrogen and oxygen atoms in total. The molecule has 4 aromatic carbocycles. The van der Waals surface area contributed by atoms with E-state index in [2.05, 4.69) is 40.7 Å². The number of imide groups is 1. The molecule has 1 atom stereocenters. The van der Waals surface area contributed by atoms with Gasteiger partial charge in [-0.3, -0.25) is 29.3 Å². The van der Waals surface area contributed by atoms with Crippen LogP contribution >= 0.6 is 18.7 Å². The monoisotopic (exact) mass is 1020 g/mol. The first-order valence-electron chi connectivity index (χ1n) is 23.9. The number of aromatic nitrogens is 4. The Hall–Kier alpha value is -6.88. The fourth-order valence-electron chi connectivity index (χ4n) is 10.2. The summed E-state index contributed by atoms with van der Waals surface area (Å²) in [6, 6.07) is 20.7. The zero-order chi connectivity index (χ0) is 50.5. The lowest BCUT2D eigenvalue weighted by Crippen LogP contribution is -2.53. The van der Waals surface area contributed by atoms with Crippen LogP contribution in [0, 0.1) is 5.82 Å². The Bertz CT molecular complexity index is 3150. The number of nitrogens with one attached hydrogen (secondary N) is 3. The predicted octanol–water partition coefficient (Wildman–Crippen LogP) is 7.97. The molecule has 6 aromatic rings. The molecule has 0 spiro atoms. The number of alkyl halides is 1. The second kappa shape index (κ2) is 19.6. The Kier molecular flexibility index (Phi) is 13.3. The Balaban J connectivity index is 0.808. The summed E-state index contributed by atoms with van der Waals surface area (Å²) in [6.45, 7) is 7.67. The van der Waals surface area contributed by atoms with E-state index >= 15 is 4.39 Å². The molecule has 20 heteroatoms. The summed E-state index contributed by atoms with van der Waals surface area (Å²) in [5.41, 5.74) is 5.65. The quantitative estimate of drug-likeness (QED) is 0.0753. The minimum absolute atomic E-state index is 0.198. The van der Waals surface area contributed by atoms with Crippen molar-refractivity contribution in [1.82, 2.24) is 34.9 Å². The number of amides is 3. The Labute approximate surface area is 421 Å². The highest BCUT2D eigenvalue weighted by molar-refractivity contribution is 7.70. The van der Waals surface area contributed by atoms with Gasteiger partial charge < -0.3 is 34.6 Å². The molecule has 0 bridgehead atoms. The number of piperazine rings is 1. The Morgan fingerprint density at radius 3 is 2.36 bits per heavy atom. The second-order valence-electron chi connectivity index (χ2n) is 19.3. The zero-order valence-corrected chi connectivity index (χ0v) is 42.1. The van der Waals surface area contributed by atoms with Crippen LogP contribution in [0.25, 0.3) is 22.3 Å². The molecular formula is C52H55ClF2N11O5P. The molecule has 3 amide bonds. The molecule has 72 heavy (non-hydrogen) atoms. The highest BCUT2D eigenvalue weighted by atomic mass is 35.5. The van der Waals surface area contributed by atoms with E-state index in [-0.39, 0.29) is 40.8 Å². The number of carbonyl (C=O) groups is 3. The van der Waals surface area contributed by atoms with Crippen molar-refractivity contribution in [1.29, 1.82) is 0 Å². The van der Waals surface area contributed by atoms with Crippen LogP contribution in [-0.2, 0) is 27.7 Å². The average Bonchev–Trinajstić information content (AvgIpc) is 3.94. The number of halogens is 3. The van der Waals surface area contributed by atoms with Gasteiger partial charge in [0, 0.05) is 130 Å². The van der Waals surface area contributed by atoms with Crippen LogP contribution in [0.3, 0.4) is 0 Å². The van der Waals surface area contributed by atoms with Gasteiger partial charge in [0.05, 0.1) is 30.9 Å². The molecule has 3 fully saturated rings. The number of fused-ring (bicyclic) bond motifs is 1. The Morgan fingerprint density at radius 1 is 0.875 bits per heavy atom. The summed E-state index contributed by atoms with van der Waals surface area (Å²) < 4.78 is 53.0. The number of nitrogens with zero attached hydrogens (tertiary/aromatic N) is 8. The maximum Gasteiger partial charge on any atom is 0.255 e. The number of piperidine rings is 2. The van der Waals surface area contributed by atoms with Crippen molar-refractivity contribution < 1.29 is 32.5 Å². The highest BCUT2D eigenvalue weighted by Crippen LogP contribution is 2.44. The number of benzene rings is 4. The smallest absolute Gasteiger partial charge is 0.255 e. The molecule has 3 N–H and O–H groups in total. The molecule has 2 aromatic heterocycles. The molecule has 10 rings (SSSR count). The normalized spacial score (nSPS) is 18.3. The molecular weight excluding hydrogens is 963 g/mol. The molecule has 0 aliphatic carbocycles. The van der Waals surface area contributed by atoms with Gasteiger partial charge in [-0.15, -0.1) is 0 Å². The number of methoxy groups -OCH3 is 1. The largest absolute Gasteiger partial charge is 0.494 e. The fourth-order valence-corrected chi connectivity index (χ4v) is 11.5. The average molecular weight is 1020 g/mol. The summed E-state index contributed by atoms with van der Waals surface area (Å²) in [5.74, 6) is -0.357. The van der Waals surface area contributed by atoms with Gasteiger partial charge in [0.25, 0.3) is 5.91 Å². The van der Waals surface area contributed by atoms with Gasteiger partial charge in [-0.2, -0.15) is 10.1 Å². The topological polar surface area (TPSA) is 170 Å². The maximum atomic E-state index is 16.9. The third-order valence-electron chi connectivity index (χ3n) is 14.1. The van der Waals surface area contributed by atoms with Gasteiger partial charge in [0.15, 0.2) is 5.82 Å². The van der Waals surface area contributed by atoms with Gasteiger partial charge in [0.1, 0.15) is 35.4 Å². The number of hydrogen-bond acceptors (Lipinski definition) is 13. The van der Waals surface area contributed by atoms with Gasteiger partial charge in [-0.05, 0) is 73.3 Å². The van der Waals surface area contributed by atoms with Crippen molar-refractivity contribution in [3.05, 3.63) is 113 Å². The lowest BCUT2D eigenvalue weighted by atomic mass is 9.91. The van der Waals surface area contributed by atoms with Crippen molar-refractivity contribution in [3.63, 3.8) is 0 Å². The van der Waals surface area contributed by atoms with E-state index in [1.807, 2.05) is 43.6 Å². The van der Waals surface area contributed by atoms with Crippen LogP contribution < -0.4 is 35.8 Å². The van der Waals surface area contributed by atoms with Gasteiger partial charge in [0.2, 0.25) is 17.8 Å². The van der Waals surface area contributed by atoms with E-state index in [1.165, 1.54) is 12.3 Å². The van der Waals surface area contributed by atoms with E-state index in [1.54, 1.807) is 72.6 Å². The van der Waals surface area contributed by atoms with E-state index < -0.39 is 24.8 Å². The minimum atomic E-state index is -2.90. The maximum absolute atomic E-state index is 16.9. The third-order valence-corrected chi connectivity index (χ3v) is 15.9. The summed E-state index contributed by atoms with van der Waals surface area (Å²) in [4.78, 5) is 54.9. The van der Waals surface area contributed by atoms with Gasteiger partial charge in [-0.1, -0.05) is 35.9 Å². The minimum Gasteiger partial charge on any atom is -0.494 e. The van der Waals surface area contributed by atoms with Gasteiger partial charge in [-0.25, -0.2) is 13.8 Å². The summed E-state index contributed by atoms with van der Waals surface area (Å²) in [5, 5.41) is 14.1. The highest BCUT2D eigenvalue weighted by Gasteiger charge is 2.41. The van der Waals surface area contributed by atoms with Crippen LogP contribution in [0.2, 0.25) is 5.02 Å². The lowest BCUT2D eigenvalue weighted by molar-refractivity contribution is -0.136. The molecule has 4 aliphatic heterocycles. The lowest BCUT2D eigenvalue weighted by Gasteiger charge is -2.43. The standard InChI is InChI=1S/C52H55ClF2N11O5P/c1-62-29-34(27-57-62)38-25-42(59-51-56-28-39(53)48(61-51)58-41-12-9-32(24-46(41)72(3,4)70)36-7-5-6-8-40(36)54)45(71-2)26-44(38)65-17-15-52(55,16-18-65)31-63-19-21-64(22-20-63)35-10-11-37-33(23-35)30-66(50(37)69)43-13-14-47(67)60-49(43)68/h5-12,23-29,43H,13-22,30-31H2,1-4H3,(H,60,67,68)(H2,56,58,59,61).